The van der Waals surface area contributed by atoms with Crippen LogP contribution in [0.1, 0.15) is 0 Å². The van der Waals surface area contributed by atoms with Crippen LogP contribution in [0, 0.1) is 0 Å². The quantitative estimate of drug-likeness (QED) is 0.133. The third kappa shape index (κ3) is 13.0. The molecule has 1 aromatic carbocycles. The summed E-state index contributed by atoms with van der Waals surface area (Å²) in [5.74, 6) is 0. The molecule has 0 unspecified atom stereocenters. The van der Waals surface area contributed by atoms with Crippen molar-refractivity contribution < 1.29 is 20.4 Å². The Bertz CT molecular complexity index is 586. The summed E-state index contributed by atoms with van der Waals surface area (Å²) in [6, 6.07) is 7.53. The van der Waals surface area contributed by atoms with Crippen LogP contribution >= 0.6 is 24.4 Å². The summed E-state index contributed by atoms with van der Waals surface area (Å²) in [6.07, 6.45) is 0. The Morgan fingerprint density at radius 3 is 1.19 bits per heavy atom. The molecule has 0 aliphatic rings. The molecule has 32 heavy (non-hydrogen) atoms. The molecule has 1 aromatic rings. The second-order valence-electron chi connectivity index (χ2n) is 6.92. The zero-order valence-corrected chi connectivity index (χ0v) is 19.9. The maximum Gasteiger partial charge on any atom is 0.170 e. The Balaban J connectivity index is 2.33. The van der Waals surface area contributed by atoms with E-state index in [2.05, 4.69) is 21.3 Å². The van der Waals surface area contributed by atoms with Crippen molar-refractivity contribution >= 4 is 46.0 Å². The van der Waals surface area contributed by atoms with Crippen molar-refractivity contribution in [1.29, 1.82) is 0 Å². The summed E-state index contributed by atoms with van der Waals surface area (Å²) in [5.41, 5.74) is 1.66. The van der Waals surface area contributed by atoms with Crippen LogP contribution in [-0.4, -0.2) is 119 Å². The summed E-state index contributed by atoms with van der Waals surface area (Å²) >= 11 is 10.6. The van der Waals surface area contributed by atoms with Gasteiger partial charge in [0.15, 0.2) is 10.2 Å². The first kappa shape index (κ1) is 28.4. The van der Waals surface area contributed by atoms with Crippen molar-refractivity contribution in [1.82, 2.24) is 20.4 Å². The maximum atomic E-state index is 9.03. The van der Waals surface area contributed by atoms with Crippen molar-refractivity contribution in [2.75, 3.05) is 89.4 Å². The number of nitrogens with zero attached hydrogens (tertiary/aromatic N) is 2. The molecule has 8 N–H and O–H groups in total. The van der Waals surface area contributed by atoms with E-state index in [9.17, 15) is 0 Å². The first-order valence-electron chi connectivity index (χ1n) is 10.6. The van der Waals surface area contributed by atoms with Crippen LogP contribution in [0.2, 0.25) is 0 Å². The van der Waals surface area contributed by atoms with Gasteiger partial charge in [-0.1, -0.05) is 0 Å². The number of thiocarbonyl (C=S) groups is 2. The van der Waals surface area contributed by atoms with Gasteiger partial charge in [0.1, 0.15) is 0 Å². The van der Waals surface area contributed by atoms with E-state index in [4.69, 9.17) is 44.9 Å². The smallest absolute Gasteiger partial charge is 0.170 e. The third-order valence-electron chi connectivity index (χ3n) is 4.49. The zero-order chi connectivity index (χ0) is 23.6. The first-order chi connectivity index (χ1) is 15.5. The molecule has 0 fully saturated rings. The van der Waals surface area contributed by atoms with Gasteiger partial charge in [0.25, 0.3) is 0 Å². The normalized spacial score (nSPS) is 10.9. The summed E-state index contributed by atoms with van der Waals surface area (Å²) in [6.45, 7) is 4.76. The fourth-order valence-corrected chi connectivity index (χ4v) is 3.32. The molecule has 0 aliphatic heterocycles. The number of hydrogen-bond donors (Lipinski definition) is 8. The van der Waals surface area contributed by atoms with Crippen LogP contribution in [0.5, 0.6) is 0 Å². The Labute approximate surface area is 200 Å². The van der Waals surface area contributed by atoms with Gasteiger partial charge in [0.05, 0.1) is 26.4 Å². The Hall–Kier alpha value is -1.64. The van der Waals surface area contributed by atoms with Crippen LogP contribution in [0.25, 0.3) is 0 Å². The molecule has 0 radical (unpaired) electrons. The highest BCUT2D eigenvalue weighted by Crippen LogP contribution is 2.13. The maximum absolute atomic E-state index is 9.03. The molecule has 0 aliphatic carbocycles. The minimum absolute atomic E-state index is 0.0495. The monoisotopic (exact) mass is 488 g/mol. The lowest BCUT2D eigenvalue weighted by Gasteiger charge is -2.21. The zero-order valence-electron chi connectivity index (χ0n) is 18.3. The SMILES string of the molecule is OCCN(CCO)CCNC(=S)Nc1ccc(NC(=S)NCCN(CCO)CCO)cc1. The van der Waals surface area contributed by atoms with Gasteiger partial charge in [-0.05, 0) is 48.7 Å². The van der Waals surface area contributed by atoms with E-state index in [-0.39, 0.29) is 26.4 Å². The number of rotatable bonds is 16. The van der Waals surface area contributed by atoms with Crippen molar-refractivity contribution in [3.8, 4) is 0 Å². The fraction of sp³-hybridized carbons (Fsp3) is 0.600. The largest absolute Gasteiger partial charge is 0.395 e. The van der Waals surface area contributed by atoms with E-state index in [1.165, 1.54) is 0 Å². The molecule has 10 nitrogen and oxygen atoms in total. The van der Waals surface area contributed by atoms with Crippen molar-refractivity contribution in [2.45, 2.75) is 0 Å². The predicted octanol–water partition coefficient (Wildman–Crippen LogP) is -1.17. The number of nitrogens with one attached hydrogen (secondary N) is 4. The number of aliphatic hydroxyl groups excluding tert-OH is 4. The molecule has 0 aromatic heterocycles. The number of anilines is 2. The topological polar surface area (TPSA) is 136 Å². The predicted molar refractivity (Wildman–Crippen MR) is 136 cm³/mol. The average Bonchev–Trinajstić information content (AvgIpc) is 2.76. The van der Waals surface area contributed by atoms with E-state index < -0.39 is 0 Å². The van der Waals surface area contributed by atoms with Crippen molar-refractivity contribution in [2.24, 2.45) is 0 Å². The molecule has 12 heteroatoms. The summed E-state index contributed by atoms with van der Waals surface area (Å²) in [5, 5.41) is 49.5. The van der Waals surface area contributed by atoms with Gasteiger partial charge < -0.3 is 41.7 Å². The Morgan fingerprint density at radius 2 is 0.906 bits per heavy atom. The molecule has 182 valence electrons. The van der Waals surface area contributed by atoms with Gasteiger partial charge in [-0.25, -0.2) is 0 Å². The van der Waals surface area contributed by atoms with Gasteiger partial charge >= 0.3 is 0 Å². The lowest BCUT2D eigenvalue weighted by Crippen LogP contribution is -2.39. The van der Waals surface area contributed by atoms with E-state index in [1.54, 1.807) is 0 Å². The minimum Gasteiger partial charge on any atom is -0.395 e. The molecule has 0 atom stereocenters. The number of benzene rings is 1. The van der Waals surface area contributed by atoms with E-state index >= 15 is 0 Å². The number of aliphatic hydroxyl groups is 4. The van der Waals surface area contributed by atoms with Crippen LogP contribution in [0.3, 0.4) is 0 Å². The van der Waals surface area contributed by atoms with Gasteiger partial charge in [-0.3, -0.25) is 9.80 Å². The highest BCUT2D eigenvalue weighted by atomic mass is 32.1. The summed E-state index contributed by atoms with van der Waals surface area (Å²) in [4.78, 5) is 3.90. The summed E-state index contributed by atoms with van der Waals surface area (Å²) in [7, 11) is 0. The van der Waals surface area contributed by atoms with Gasteiger partial charge in [-0.2, -0.15) is 0 Å². The second kappa shape index (κ2) is 17.9. The van der Waals surface area contributed by atoms with Crippen LogP contribution in [0.15, 0.2) is 24.3 Å². The lowest BCUT2D eigenvalue weighted by atomic mass is 10.3. The Kier molecular flexibility index (Phi) is 15.8. The summed E-state index contributed by atoms with van der Waals surface area (Å²) < 4.78 is 0. The van der Waals surface area contributed by atoms with Gasteiger partial charge in [0, 0.05) is 63.7 Å². The molecule has 1 rings (SSSR count). The van der Waals surface area contributed by atoms with Crippen molar-refractivity contribution in [3.05, 3.63) is 24.3 Å². The standard InChI is InChI=1S/C20H36N6O4S2/c27-13-9-25(10-14-28)7-5-21-19(31)23-17-1-2-18(4-3-17)24-20(32)22-6-8-26(11-15-29)12-16-30/h1-4,27-30H,5-16H2,(H2,21,23,31)(H2,22,24,32). The first-order valence-corrected chi connectivity index (χ1v) is 11.4. The number of hydrogen-bond acceptors (Lipinski definition) is 8. The van der Waals surface area contributed by atoms with Crippen LogP contribution in [0.4, 0.5) is 11.4 Å². The van der Waals surface area contributed by atoms with E-state index in [1.807, 2.05) is 34.1 Å². The molecule has 0 spiro atoms. The van der Waals surface area contributed by atoms with E-state index in [0.29, 0.717) is 62.6 Å². The molecule has 0 saturated carbocycles. The van der Waals surface area contributed by atoms with Gasteiger partial charge in [0.2, 0.25) is 0 Å². The second-order valence-corrected chi connectivity index (χ2v) is 7.73. The van der Waals surface area contributed by atoms with Crippen molar-refractivity contribution in [3.63, 3.8) is 0 Å². The minimum atomic E-state index is 0.0495. The highest BCUT2D eigenvalue weighted by Gasteiger charge is 2.05. The van der Waals surface area contributed by atoms with E-state index in [0.717, 1.165) is 11.4 Å². The van der Waals surface area contributed by atoms with Crippen LogP contribution < -0.4 is 21.3 Å². The highest BCUT2D eigenvalue weighted by molar-refractivity contribution is 7.80. The molecular weight excluding hydrogens is 452 g/mol. The lowest BCUT2D eigenvalue weighted by molar-refractivity contribution is 0.163. The average molecular weight is 489 g/mol. The Morgan fingerprint density at radius 1 is 0.594 bits per heavy atom. The van der Waals surface area contributed by atoms with Gasteiger partial charge in [-0.15, -0.1) is 0 Å². The third-order valence-corrected chi connectivity index (χ3v) is 4.99. The fourth-order valence-electron chi connectivity index (χ4n) is 2.88. The molecule has 0 amide bonds. The molecule has 0 bridgehead atoms. The molecule has 0 saturated heterocycles. The van der Waals surface area contributed by atoms with Crippen LogP contribution in [-0.2, 0) is 0 Å². The molecular formula is C20H36N6O4S2. The molecule has 0 heterocycles.